The summed E-state index contributed by atoms with van der Waals surface area (Å²) in [5, 5.41) is 6.99. The van der Waals surface area contributed by atoms with Crippen molar-refractivity contribution in [3.63, 3.8) is 0 Å². The van der Waals surface area contributed by atoms with E-state index in [2.05, 4.69) is 20.6 Å². The Morgan fingerprint density at radius 2 is 2.00 bits per heavy atom. The molecule has 1 aromatic carbocycles. The predicted molar refractivity (Wildman–Crippen MR) is 100 cm³/mol. The molecule has 126 valence electrons. The van der Waals surface area contributed by atoms with Crippen molar-refractivity contribution in [1.29, 1.82) is 0 Å². The summed E-state index contributed by atoms with van der Waals surface area (Å²) >= 11 is 1.61. The van der Waals surface area contributed by atoms with Crippen LogP contribution in [0, 0.1) is 6.92 Å². The zero-order valence-electron chi connectivity index (χ0n) is 13.7. The molecule has 0 spiro atoms. The third kappa shape index (κ3) is 3.18. The molecule has 4 aromatic rings. The Hall–Kier alpha value is -2.93. The highest BCUT2D eigenvalue weighted by Gasteiger charge is 2.11. The highest BCUT2D eigenvalue weighted by molar-refractivity contribution is 7.22. The molecule has 4 rings (SSSR count). The van der Waals surface area contributed by atoms with Crippen LogP contribution in [0.2, 0.25) is 0 Å². The Labute approximate surface area is 148 Å². The number of carbonyl (C=O) groups excluding carboxylic acids is 1. The third-order valence-electron chi connectivity index (χ3n) is 3.91. The van der Waals surface area contributed by atoms with Crippen molar-refractivity contribution in [1.82, 2.24) is 19.7 Å². The van der Waals surface area contributed by atoms with Gasteiger partial charge in [0.1, 0.15) is 11.3 Å². The van der Waals surface area contributed by atoms with E-state index < -0.39 is 0 Å². The molecule has 0 atom stereocenters. The van der Waals surface area contributed by atoms with Crippen LogP contribution >= 0.6 is 11.3 Å². The summed E-state index contributed by atoms with van der Waals surface area (Å²) in [7, 11) is 0. The van der Waals surface area contributed by atoms with Crippen molar-refractivity contribution in [3.05, 3.63) is 60.0 Å². The number of pyridine rings is 1. The van der Waals surface area contributed by atoms with Crippen molar-refractivity contribution < 1.29 is 4.79 Å². The number of nitrogens with zero attached hydrogens (tertiary/aromatic N) is 3. The minimum absolute atomic E-state index is 0.172. The van der Waals surface area contributed by atoms with Crippen LogP contribution < -0.4 is 10.6 Å². The van der Waals surface area contributed by atoms with Gasteiger partial charge in [0.2, 0.25) is 0 Å². The van der Waals surface area contributed by atoms with Gasteiger partial charge in [-0.05, 0) is 31.2 Å². The number of nitrogens with one attached hydrogen (secondary N) is 2. The molecule has 1 amide bonds. The maximum atomic E-state index is 12.3. The number of aromatic nitrogens is 3. The first kappa shape index (κ1) is 15.6. The minimum Gasteiger partial charge on any atom is -0.360 e. The van der Waals surface area contributed by atoms with Gasteiger partial charge in [-0.2, -0.15) is 0 Å². The van der Waals surface area contributed by atoms with Gasteiger partial charge in [-0.25, -0.2) is 9.97 Å². The normalized spacial score (nSPS) is 11.1. The Balaban J connectivity index is 1.34. The van der Waals surface area contributed by atoms with E-state index in [1.54, 1.807) is 17.5 Å². The fraction of sp³-hybridized carbons (Fsp3) is 0.167. The van der Waals surface area contributed by atoms with Gasteiger partial charge in [0.05, 0.1) is 10.2 Å². The smallest absolute Gasteiger partial charge is 0.271 e. The number of imidazole rings is 1. The summed E-state index contributed by atoms with van der Waals surface area (Å²) in [6.07, 6.45) is 1.76. The number of carbonyl (C=O) groups is 1. The summed E-state index contributed by atoms with van der Waals surface area (Å²) in [5.74, 6) is -0.172. The number of benzene rings is 1. The van der Waals surface area contributed by atoms with Gasteiger partial charge in [-0.15, -0.1) is 0 Å². The highest BCUT2D eigenvalue weighted by atomic mass is 32.1. The van der Waals surface area contributed by atoms with E-state index in [9.17, 15) is 4.79 Å². The van der Waals surface area contributed by atoms with E-state index in [4.69, 9.17) is 0 Å². The number of rotatable bonds is 5. The molecule has 7 heteroatoms. The Morgan fingerprint density at radius 3 is 2.84 bits per heavy atom. The first-order valence-corrected chi connectivity index (χ1v) is 8.85. The van der Waals surface area contributed by atoms with Gasteiger partial charge in [0.15, 0.2) is 5.13 Å². The van der Waals surface area contributed by atoms with Crippen LogP contribution in [-0.2, 0) is 0 Å². The number of para-hydroxylation sites is 1. The van der Waals surface area contributed by atoms with Gasteiger partial charge < -0.3 is 15.0 Å². The summed E-state index contributed by atoms with van der Waals surface area (Å²) in [6.45, 7) is 3.10. The topological polar surface area (TPSA) is 71.3 Å². The van der Waals surface area contributed by atoms with Crippen molar-refractivity contribution in [2.75, 3.05) is 18.4 Å². The van der Waals surface area contributed by atoms with Crippen LogP contribution in [-0.4, -0.2) is 33.4 Å². The molecule has 0 unspecified atom stereocenters. The Kier molecular flexibility index (Phi) is 4.07. The van der Waals surface area contributed by atoms with Gasteiger partial charge in [-0.1, -0.05) is 29.5 Å². The zero-order valence-corrected chi connectivity index (χ0v) is 14.5. The molecule has 0 saturated carbocycles. The zero-order chi connectivity index (χ0) is 17.2. The number of hydrogen-bond donors (Lipinski definition) is 2. The Bertz CT molecular complexity index is 1020. The first-order chi connectivity index (χ1) is 12.2. The average molecular weight is 351 g/mol. The molecule has 2 N–H and O–H groups in total. The molecule has 25 heavy (non-hydrogen) atoms. The molecule has 0 fully saturated rings. The number of thiazole rings is 1. The van der Waals surface area contributed by atoms with Crippen molar-refractivity contribution in [2.24, 2.45) is 0 Å². The average Bonchev–Trinajstić information content (AvgIpc) is 3.23. The number of aryl methyl sites for hydroxylation is 1. The van der Waals surface area contributed by atoms with E-state index in [1.165, 1.54) is 0 Å². The van der Waals surface area contributed by atoms with E-state index in [1.807, 2.05) is 53.8 Å². The SMILES string of the molecule is Cc1cccc2nc(C(=O)NCCNc3nc4ccccc4s3)cn12. The molecule has 6 nitrogen and oxygen atoms in total. The first-order valence-electron chi connectivity index (χ1n) is 8.03. The maximum absolute atomic E-state index is 12.3. The summed E-state index contributed by atoms with van der Waals surface area (Å²) in [6, 6.07) is 13.8. The second-order valence-electron chi connectivity index (χ2n) is 5.69. The molecule has 3 aromatic heterocycles. The van der Waals surface area contributed by atoms with Gasteiger partial charge in [0.25, 0.3) is 5.91 Å². The molecule has 0 aliphatic heterocycles. The van der Waals surface area contributed by atoms with Crippen LogP contribution in [0.4, 0.5) is 5.13 Å². The molecule has 0 aliphatic carbocycles. The molecule has 0 saturated heterocycles. The maximum Gasteiger partial charge on any atom is 0.271 e. The van der Waals surface area contributed by atoms with Crippen molar-refractivity contribution >= 4 is 38.2 Å². The lowest BCUT2D eigenvalue weighted by Crippen LogP contribution is -2.28. The van der Waals surface area contributed by atoms with Crippen LogP contribution in [0.5, 0.6) is 0 Å². The fourth-order valence-electron chi connectivity index (χ4n) is 2.64. The molecule has 0 bridgehead atoms. The van der Waals surface area contributed by atoms with Crippen LogP contribution in [0.3, 0.4) is 0 Å². The summed E-state index contributed by atoms with van der Waals surface area (Å²) < 4.78 is 3.06. The van der Waals surface area contributed by atoms with Crippen molar-refractivity contribution in [2.45, 2.75) is 6.92 Å². The van der Waals surface area contributed by atoms with E-state index in [-0.39, 0.29) is 5.91 Å². The minimum atomic E-state index is -0.172. The number of anilines is 1. The van der Waals surface area contributed by atoms with Gasteiger partial charge >= 0.3 is 0 Å². The fourth-order valence-corrected chi connectivity index (χ4v) is 3.53. The number of amides is 1. The molecule has 0 radical (unpaired) electrons. The lowest BCUT2D eigenvalue weighted by atomic mass is 10.3. The number of fused-ring (bicyclic) bond motifs is 2. The molecule has 3 heterocycles. The summed E-state index contributed by atoms with van der Waals surface area (Å²) in [5.41, 5.74) is 3.23. The predicted octanol–water partition coefficient (Wildman–Crippen LogP) is 3.09. The lowest BCUT2D eigenvalue weighted by Gasteiger charge is -2.03. The van der Waals surface area contributed by atoms with E-state index in [0.717, 1.165) is 26.7 Å². The van der Waals surface area contributed by atoms with Crippen LogP contribution in [0.15, 0.2) is 48.7 Å². The van der Waals surface area contributed by atoms with Gasteiger partial charge in [-0.3, -0.25) is 4.79 Å². The summed E-state index contributed by atoms with van der Waals surface area (Å²) in [4.78, 5) is 21.1. The van der Waals surface area contributed by atoms with Crippen molar-refractivity contribution in [3.8, 4) is 0 Å². The van der Waals surface area contributed by atoms with Crippen LogP contribution in [0.25, 0.3) is 15.9 Å². The third-order valence-corrected chi connectivity index (χ3v) is 4.90. The molecule has 0 aliphatic rings. The van der Waals surface area contributed by atoms with E-state index in [0.29, 0.717) is 18.8 Å². The van der Waals surface area contributed by atoms with Crippen LogP contribution in [0.1, 0.15) is 16.2 Å². The monoisotopic (exact) mass is 351 g/mol. The molecular weight excluding hydrogens is 334 g/mol. The number of hydrogen-bond acceptors (Lipinski definition) is 5. The Morgan fingerprint density at radius 1 is 1.12 bits per heavy atom. The largest absolute Gasteiger partial charge is 0.360 e. The second-order valence-corrected chi connectivity index (χ2v) is 6.72. The standard InChI is InChI=1S/C18H17N5OS/c1-12-5-4-8-16-21-14(11-23(12)16)17(24)19-9-10-20-18-22-13-6-2-3-7-15(13)25-18/h2-8,11H,9-10H2,1H3,(H,19,24)(H,20,22). The molecular formula is C18H17N5OS. The van der Waals surface area contributed by atoms with Gasteiger partial charge in [0, 0.05) is 25.0 Å². The lowest BCUT2D eigenvalue weighted by molar-refractivity contribution is 0.0951. The highest BCUT2D eigenvalue weighted by Crippen LogP contribution is 2.24. The second kappa shape index (κ2) is 6.52. The van der Waals surface area contributed by atoms with E-state index >= 15 is 0 Å². The quantitative estimate of drug-likeness (QED) is 0.542.